The Morgan fingerprint density at radius 2 is 0.367 bits per heavy atom. The lowest BCUT2D eigenvalue weighted by Gasteiger charge is -2.37. The molecule has 0 aliphatic rings. The lowest BCUT2D eigenvalue weighted by atomic mass is 9.64. The SMILES string of the molecule is c1cc(-c2ccc(C(c3ccc(-c4ccncc4)cc3)(c3ccc(-c4ccncc4)cc3)c3ccc(-c4ccncc4)cc3)cc2)ccn1. The van der Waals surface area contributed by atoms with Crippen LogP contribution in [0.3, 0.4) is 0 Å². The molecule has 8 aromatic rings. The molecular formula is C45H32N4. The summed E-state index contributed by atoms with van der Waals surface area (Å²) in [5, 5.41) is 0. The average Bonchev–Trinajstić information content (AvgIpc) is 3.20. The van der Waals surface area contributed by atoms with Crippen molar-refractivity contribution in [2.45, 2.75) is 5.41 Å². The van der Waals surface area contributed by atoms with Crippen molar-refractivity contribution >= 4 is 0 Å². The summed E-state index contributed by atoms with van der Waals surface area (Å²) in [5.41, 5.74) is 13.2. The standard InChI is InChI=1S/C45H32N4/c1-9-41(10-2-33(1)37-17-25-46-26-18-37)45(42-11-3-34(4-12-42)38-19-27-47-28-20-38,43-13-5-35(6-14-43)39-21-29-48-30-22-39)44-15-7-36(8-16-44)40-23-31-49-32-24-40/h1-32H. The minimum atomic E-state index is -0.624. The third-order valence-corrected chi connectivity index (χ3v) is 9.33. The molecular weight excluding hydrogens is 597 g/mol. The molecule has 4 heterocycles. The van der Waals surface area contributed by atoms with Gasteiger partial charge in [-0.25, -0.2) is 0 Å². The zero-order valence-corrected chi connectivity index (χ0v) is 26.8. The molecule has 0 fully saturated rings. The summed E-state index contributed by atoms with van der Waals surface area (Å²) in [6, 6.07) is 52.4. The Kier molecular flexibility index (Phi) is 8.11. The Balaban J connectivity index is 1.35. The summed E-state index contributed by atoms with van der Waals surface area (Å²) in [4.78, 5) is 16.9. The van der Waals surface area contributed by atoms with Crippen LogP contribution < -0.4 is 0 Å². The first-order chi connectivity index (χ1) is 24.3. The zero-order chi connectivity index (χ0) is 32.9. The predicted molar refractivity (Wildman–Crippen MR) is 198 cm³/mol. The van der Waals surface area contributed by atoms with Crippen LogP contribution in [0, 0.1) is 0 Å². The smallest absolute Gasteiger partial charge is 0.0701 e. The second-order valence-electron chi connectivity index (χ2n) is 12.0. The Morgan fingerprint density at radius 3 is 0.551 bits per heavy atom. The summed E-state index contributed by atoms with van der Waals surface area (Å²) in [7, 11) is 0. The average molecular weight is 629 g/mol. The van der Waals surface area contributed by atoms with E-state index in [-0.39, 0.29) is 0 Å². The van der Waals surface area contributed by atoms with Gasteiger partial charge in [0, 0.05) is 49.6 Å². The summed E-state index contributed by atoms with van der Waals surface area (Å²) in [5.74, 6) is 0. The van der Waals surface area contributed by atoms with Crippen LogP contribution in [0.25, 0.3) is 44.5 Å². The normalized spacial score (nSPS) is 11.3. The van der Waals surface area contributed by atoms with Gasteiger partial charge >= 0.3 is 0 Å². The third-order valence-electron chi connectivity index (χ3n) is 9.33. The molecule has 0 aliphatic heterocycles. The topological polar surface area (TPSA) is 51.6 Å². The van der Waals surface area contributed by atoms with Crippen LogP contribution in [0.15, 0.2) is 195 Å². The molecule has 4 nitrogen and oxygen atoms in total. The van der Waals surface area contributed by atoms with Crippen LogP contribution >= 0.6 is 0 Å². The molecule has 0 bridgehead atoms. The van der Waals surface area contributed by atoms with Crippen molar-refractivity contribution in [1.82, 2.24) is 19.9 Å². The van der Waals surface area contributed by atoms with E-state index in [0.717, 1.165) is 44.5 Å². The molecule has 0 N–H and O–H groups in total. The van der Waals surface area contributed by atoms with Gasteiger partial charge in [0.15, 0.2) is 0 Å². The molecule has 4 heteroatoms. The summed E-state index contributed by atoms with van der Waals surface area (Å²) in [6.07, 6.45) is 14.7. The fourth-order valence-electron chi connectivity index (χ4n) is 6.83. The number of hydrogen-bond donors (Lipinski definition) is 0. The first-order valence-corrected chi connectivity index (χ1v) is 16.3. The van der Waals surface area contributed by atoms with Crippen molar-refractivity contribution in [2.24, 2.45) is 0 Å². The van der Waals surface area contributed by atoms with Gasteiger partial charge in [-0.05, 0) is 115 Å². The Hall–Kier alpha value is -6.52. The van der Waals surface area contributed by atoms with Crippen molar-refractivity contribution in [3.05, 3.63) is 217 Å². The molecule has 0 radical (unpaired) electrons. The lowest BCUT2D eigenvalue weighted by molar-refractivity contribution is 0.745. The molecule has 4 aromatic carbocycles. The van der Waals surface area contributed by atoms with Gasteiger partial charge in [0.2, 0.25) is 0 Å². The highest BCUT2D eigenvalue weighted by atomic mass is 14.6. The monoisotopic (exact) mass is 628 g/mol. The molecule has 0 saturated heterocycles. The van der Waals surface area contributed by atoms with Crippen molar-refractivity contribution in [1.29, 1.82) is 0 Å². The van der Waals surface area contributed by atoms with Crippen LogP contribution in [0.2, 0.25) is 0 Å². The van der Waals surface area contributed by atoms with Crippen molar-refractivity contribution in [3.63, 3.8) is 0 Å². The number of rotatable bonds is 8. The Bertz CT molecular complexity index is 1920. The van der Waals surface area contributed by atoms with Gasteiger partial charge in [-0.3, -0.25) is 19.9 Å². The minimum Gasteiger partial charge on any atom is -0.265 e. The molecule has 0 amide bonds. The summed E-state index contributed by atoms with van der Waals surface area (Å²) < 4.78 is 0. The number of pyridine rings is 4. The molecule has 0 spiro atoms. The maximum atomic E-state index is 4.22. The van der Waals surface area contributed by atoms with E-state index in [2.05, 4.69) is 166 Å². The number of nitrogens with zero attached hydrogens (tertiary/aromatic N) is 4. The lowest BCUT2D eigenvalue weighted by Crippen LogP contribution is -2.31. The maximum Gasteiger partial charge on any atom is 0.0701 e. The van der Waals surface area contributed by atoms with Gasteiger partial charge in [-0.1, -0.05) is 97.1 Å². The summed E-state index contributed by atoms with van der Waals surface area (Å²) >= 11 is 0. The van der Waals surface area contributed by atoms with Gasteiger partial charge < -0.3 is 0 Å². The molecule has 0 atom stereocenters. The highest BCUT2D eigenvalue weighted by Gasteiger charge is 2.38. The maximum absolute atomic E-state index is 4.22. The largest absolute Gasteiger partial charge is 0.265 e. The number of aromatic nitrogens is 4. The van der Waals surface area contributed by atoms with Crippen molar-refractivity contribution in [2.75, 3.05) is 0 Å². The fourth-order valence-corrected chi connectivity index (χ4v) is 6.83. The summed E-state index contributed by atoms with van der Waals surface area (Å²) in [6.45, 7) is 0. The van der Waals surface area contributed by atoms with Crippen LogP contribution in [-0.2, 0) is 5.41 Å². The highest BCUT2D eigenvalue weighted by Crippen LogP contribution is 2.47. The van der Waals surface area contributed by atoms with Crippen LogP contribution in [0.1, 0.15) is 22.3 Å². The predicted octanol–water partition coefficient (Wildman–Crippen LogP) is 10.3. The van der Waals surface area contributed by atoms with E-state index >= 15 is 0 Å². The van der Waals surface area contributed by atoms with Gasteiger partial charge in [-0.15, -0.1) is 0 Å². The molecule has 8 rings (SSSR count). The minimum absolute atomic E-state index is 0.624. The van der Waals surface area contributed by atoms with Gasteiger partial charge in [0.25, 0.3) is 0 Å². The third kappa shape index (κ3) is 5.81. The second-order valence-corrected chi connectivity index (χ2v) is 12.0. The number of benzene rings is 4. The highest BCUT2D eigenvalue weighted by molar-refractivity contribution is 5.71. The van der Waals surface area contributed by atoms with Gasteiger partial charge in [0.1, 0.15) is 0 Å². The van der Waals surface area contributed by atoms with E-state index in [1.165, 1.54) is 22.3 Å². The van der Waals surface area contributed by atoms with Gasteiger partial charge in [0.05, 0.1) is 5.41 Å². The molecule has 0 aliphatic carbocycles. The van der Waals surface area contributed by atoms with E-state index in [1.807, 2.05) is 49.6 Å². The van der Waals surface area contributed by atoms with Crippen LogP contribution in [0.5, 0.6) is 0 Å². The molecule has 4 aromatic heterocycles. The second kappa shape index (κ2) is 13.3. The van der Waals surface area contributed by atoms with E-state index in [1.54, 1.807) is 0 Å². The van der Waals surface area contributed by atoms with Crippen molar-refractivity contribution in [3.8, 4) is 44.5 Å². The van der Waals surface area contributed by atoms with Crippen LogP contribution in [-0.4, -0.2) is 19.9 Å². The number of hydrogen-bond acceptors (Lipinski definition) is 4. The molecule has 0 unspecified atom stereocenters. The quantitative estimate of drug-likeness (QED) is 0.157. The van der Waals surface area contributed by atoms with Crippen molar-refractivity contribution < 1.29 is 0 Å². The first kappa shape index (κ1) is 29.9. The van der Waals surface area contributed by atoms with E-state index in [9.17, 15) is 0 Å². The fraction of sp³-hybridized carbons (Fsp3) is 0.0222. The van der Waals surface area contributed by atoms with E-state index < -0.39 is 5.41 Å². The van der Waals surface area contributed by atoms with E-state index in [4.69, 9.17) is 0 Å². The van der Waals surface area contributed by atoms with Crippen LogP contribution in [0.4, 0.5) is 0 Å². The molecule has 49 heavy (non-hydrogen) atoms. The van der Waals surface area contributed by atoms with E-state index in [0.29, 0.717) is 0 Å². The Morgan fingerprint density at radius 1 is 0.204 bits per heavy atom. The zero-order valence-electron chi connectivity index (χ0n) is 26.8. The Labute approximate surface area is 286 Å². The first-order valence-electron chi connectivity index (χ1n) is 16.3. The molecule has 0 saturated carbocycles. The molecule has 232 valence electrons. The van der Waals surface area contributed by atoms with Gasteiger partial charge in [-0.2, -0.15) is 0 Å².